The summed E-state index contributed by atoms with van der Waals surface area (Å²) in [6.07, 6.45) is 1.58. The number of nitrogens with zero attached hydrogens (tertiary/aromatic N) is 1. The van der Waals surface area contributed by atoms with Gasteiger partial charge in [-0.3, -0.25) is 14.4 Å². The predicted octanol–water partition coefficient (Wildman–Crippen LogP) is 8.13. The summed E-state index contributed by atoms with van der Waals surface area (Å²) in [6, 6.07) is 33.1. The number of anilines is 2. The van der Waals surface area contributed by atoms with E-state index < -0.39 is 11.8 Å². The van der Waals surface area contributed by atoms with Crippen molar-refractivity contribution in [1.82, 2.24) is 5.32 Å². The quantitative estimate of drug-likeness (QED) is 0.0909. The monoisotopic (exact) mass is 672 g/mol. The molecule has 3 amide bonds. The molecule has 0 bridgehead atoms. The van der Waals surface area contributed by atoms with Crippen LogP contribution in [0.3, 0.4) is 0 Å². The molecule has 8 nitrogen and oxygen atoms in total. The Hall–Kier alpha value is -5.63. The second-order valence-electron chi connectivity index (χ2n) is 10.5. The van der Waals surface area contributed by atoms with E-state index >= 15 is 0 Å². The molecule has 0 radical (unpaired) electrons. The molecule has 48 heavy (non-hydrogen) atoms. The van der Waals surface area contributed by atoms with E-state index in [4.69, 9.17) is 4.74 Å². The zero-order valence-corrected chi connectivity index (χ0v) is 27.9. The highest BCUT2D eigenvalue weighted by atomic mass is 32.2. The maximum Gasteiger partial charge on any atom is 0.272 e. The number of carbonyl (C=O) groups excluding carboxylic acids is 3. The van der Waals surface area contributed by atoms with E-state index in [1.54, 1.807) is 66.7 Å². The Balaban J connectivity index is 1.27. The molecule has 10 heteroatoms. The molecule has 0 aliphatic carbocycles. The lowest BCUT2D eigenvalue weighted by molar-refractivity contribution is -0.114. The molecule has 0 spiro atoms. The minimum absolute atomic E-state index is 0.0303. The average Bonchev–Trinajstić information content (AvgIpc) is 3.51. The summed E-state index contributed by atoms with van der Waals surface area (Å²) in [5.41, 5.74) is 4.79. The highest BCUT2D eigenvalue weighted by Crippen LogP contribution is 2.35. The molecule has 1 aromatic heterocycles. The van der Waals surface area contributed by atoms with Crippen LogP contribution in [-0.2, 0) is 9.59 Å². The van der Waals surface area contributed by atoms with Crippen LogP contribution in [0.5, 0.6) is 5.75 Å². The van der Waals surface area contributed by atoms with Gasteiger partial charge in [-0.15, -0.1) is 23.1 Å². The molecule has 0 saturated carbocycles. The summed E-state index contributed by atoms with van der Waals surface area (Å²) >= 11 is 2.61. The molecule has 0 atom stereocenters. The maximum atomic E-state index is 13.6. The van der Waals surface area contributed by atoms with E-state index in [9.17, 15) is 19.6 Å². The topological polar surface area (TPSA) is 120 Å². The van der Waals surface area contributed by atoms with Gasteiger partial charge in [-0.25, -0.2) is 0 Å². The largest absolute Gasteiger partial charge is 0.493 e. The number of thioether (sulfide) groups is 1. The van der Waals surface area contributed by atoms with Crippen molar-refractivity contribution in [3.8, 4) is 22.9 Å². The van der Waals surface area contributed by atoms with Gasteiger partial charge in [0.25, 0.3) is 11.8 Å². The van der Waals surface area contributed by atoms with Crippen LogP contribution in [0.25, 0.3) is 17.2 Å². The lowest BCUT2D eigenvalue weighted by Gasteiger charge is -2.13. The Bertz CT molecular complexity index is 2000. The lowest BCUT2D eigenvalue weighted by Crippen LogP contribution is -2.30. The van der Waals surface area contributed by atoms with Crippen LogP contribution in [0.1, 0.15) is 34.0 Å². The van der Waals surface area contributed by atoms with Gasteiger partial charge in [-0.2, -0.15) is 5.26 Å². The van der Waals surface area contributed by atoms with Crippen molar-refractivity contribution in [1.29, 1.82) is 5.26 Å². The molecule has 5 rings (SSSR count). The molecule has 240 valence electrons. The van der Waals surface area contributed by atoms with Crippen molar-refractivity contribution in [3.63, 3.8) is 0 Å². The average molecular weight is 673 g/mol. The fraction of sp³-hybridized carbons (Fsp3) is 0.105. The number of carbonyl (C=O) groups is 3. The zero-order valence-electron chi connectivity index (χ0n) is 26.3. The third-order valence-electron chi connectivity index (χ3n) is 7.03. The Morgan fingerprint density at radius 3 is 2.42 bits per heavy atom. The van der Waals surface area contributed by atoms with Crippen molar-refractivity contribution < 1.29 is 19.1 Å². The van der Waals surface area contributed by atoms with Crippen molar-refractivity contribution in [2.45, 2.75) is 18.7 Å². The smallest absolute Gasteiger partial charge is 0.272 e. The normalized spacial score (nSPS) is 10.9. The van der Waals surface area contributed by atoms with Gasteiger partial charge < -0.3 is 20.7 Å². The first-order chi connectivity index (χ1) is 23.3. The van der Waals surface area contributed by atoms with Crippen LogP contribution in [0, 0.1) is 18.3 Å². The Morgan fingerprint density at radius 1 is 0.917 bits per heavy atom. The first-order valence-electron chi connectivity index (χ1n) is 15.1. The minimum atomic E-state index is -0.531. The number of ether oxygens (including phenoxy) is 1. The Kier molecular flexibility index (Phi) is 11.4. The molecule has 5 aromatic rings. The van der Waals surface area contributed by atoms with Crippen molar-refractivity contribution in [3.05, 3.63) is 136 Å². The van der Waals surface area contributed by atoms with Crippen molar-refractivity contribution in [2.75, 3.05) is 23.0 Å². The molecule has 0 aliphatic rings. The number of nitriles is 1. The SMILES string of the molecule is CCOc1ccccc1/C=C(/NC(=O)c1ccccc1)C(=O)Nc1cccc(SCC(=O)Nc2scc(-c3ccc(C)cc3)c2C#N)c1. The van der Waals surface area contributed by atoms with Crippen LogP contribution in [0.4, 0.5) is 10.7 Å². The fourth-order valence-corrected chi connectivity index (χ4v) is 6.36. The highest BCUT2D eigenvalue weighted by molar-refractivity contribution is 8.00. The number of rotatable bonds is 12. The molecule has 1 heterocycles. The molecule has 0 saturated heterocycles. The highest BCUT2D eigenvalue weighted by Gasteiger charge is 2.18. The number of hydrogen-bond acceptors (Lipinski definition) is 7. The summed E-state index contributed by atoms with van der Waals surface area (Å²) in [6.45, 7) is 4.31. The number of hydrogen-bond donors (Lipinski definition) is 3. The number of aryl methyl sites for hydroxylation is 1. The van der Waals surface area contributed by atoms with Gasteiger partial charge in [-0.1, -0.05) is 72.3 Å². The van der Waals surface area contributed by atoms with Gasteiger partial charge in [0.05, 0.1) is 17.9 Å². The second-order valence-corrected chi connectivity index (χ2v) is 12.4. The molecule has 3 N–H and O–H groups in total. The van der Waals surface area contributed by atoms with Gasteiger partial charge in [-0.05, 0) is 61.9 Å². The molecule has 0 fully saturated rings. The summed E-state index contributed by atoms with van der Waals surface area (Å²) in [7, 11) is 0. The van der Waals surface area contributed by atoms with Crippen molar-refractivity contribution in [2.24, 2.45) is 0 Å². The van der Waals surface area contributed by atoms with Crippen LogP contribution in [0.15, 0.2) is 119 Å². The zero-order chi connectivity index (χ0) is 33.9. The first kappa shape index (κ1) is 33.7. The van der Waals surface area contributed by atoms with Gasteiger partial charge in [0.1, 0.15) is 22.5 Å². The first-order valence-corrected chi connectivity index (χ1v) is 16.9. The summed E-state index contributed by atoms with van der Waals surface area (Å²) in [5.74, 6) is -0.558. The number of nitrogens with one attached hydrogen (secondary N) is 3. The van der Waals surface area contributed by atoms with E-state index in [1.807, 2.05) is 61.7 Å². The second kappa shape index (κ2) is 16.3. The van der Waals surface area contributed by atoms with Crippen LogP contribution in [-0.4, -0.2) is 30.1 Å². The number of benzene rings is 4. The van der Waals surface area contributed by atoms with Gasteiger partial charge >= 0.3 is 0 Å². The van der Waals surface area contributed by atoms with E-state index in [2.05, 4.69) is 22.0 Å². The maximum absolute atomic E-state index is 13.6. The Morgan fingerprint density at radius 2 is 1.67 bits per heavy atom. The number of para-hydroxylation sites is 1. The number of thiophene rings is 1. The van der Waals surface area contributed by atoms with Gasteiger partial charge in [0.2, 0.25) is 5.91 Å². The predicted molar refractivity (Wildman–Crippen MR) is 193 cm³/mol. The lowest BCUT2D eigenvalue weighted by atomic mass is 10.0. The summed E-state index contributed by atoms with van der Waals surface area (Å²) < 4.78 is 5.72. The van der Waals surface area contributed by atoms with E-state index in [-0.39, 0.29) is 17.4 Å². The van der Waals surface area contributed by atoms with Crippen LogP contribution < -0.4 is 20.7 Å². The van der Waals surface area contributed by atoms with E-state index in [0.29, 0.717) is 39.7 Å². The fourth-order valence-electron chi connectivity index (χ4n) is 4.66. The van der Waals surface area contributed by atoms with Crippen LogP contribution >= 0.6 is 23.1 Å². The number of amides is 3. The third-order valence-corrected chi connectivity index (χ3v) is 8.92. The molecule has 0 aliphatic heterocycles. The summed E-state index contributed by atoms with van der Waals surface area (Å²) in [4.78, 5) is 40.3. The van der Waals surface area contributed by atoms with Crippen molar-refractivity contribution >= 4 is 57.6 Å². The minimum Gasteiger partial charge on any atom is -0.493 e. The Labute approximate surface area is 287 Å². The van der Waals surface area contributed by atoms with E-state index in [1.165, 1.54) is 23.1 Å². The summed E-state index contributed by atoms with van der Waals surface area (Å²) in [5, 5.41) is 20.7. The third kappa shape index (κ3) is 8.79. The van der Waals surface area contributed by atoms with Crippen LogP contribution in [0.2, 0.25) is 0 Å². The van der Waals surface area contributed by atoms with Gasteiger partial charge in [0.15, 0.2) is 0 Å². The molecule has 4 aromatic carbocycles. The standard InChI is InChI=1S/C38H32N4O4S2/c1-3-46-34-15-8-7-12-28(34)20-33(41-36(44)27-10-5-4-6-11-27)37(45)40-29-13-9-14-30(21-29)47-24-35(43)42-38-31(22-39)32(23-48-38)26-18-16-25(2)17-19-26/h4-21,23H,3,24H2,1-2H3,(H,40,45)(H,41,44)(H,42,43)/b33-20+. The van der Waals surface area contributed by atoms with E-state index in [0.717, 1.165) is 21.6 Å². The molecule has 0 unspecified atom stereocenters. The molecular formula is C38H32N4O4S2. The van der Waals surface area contributed by atoms with Gasteiger partial charge in [0, 0.05) is 32.7 Å². The molecular weight excluding hydrogens is 641 g/mol.